The molecule has 3 N–H and O–H groups in total. The van der Waals surface area contributed by atoms with Crippen molar-refractivity contribution in [2.75, 3.05) is 18.5 Å². The average molecular weight is 255 g/mol. The molecule has 1 rings (SSSR count). The summed E-state index contributed by atoms with van der Waals surface area (Å²) in [4.78, 5) is 15.9. The minimum atomic E-state index is -1.27. The Hall–Kier alpha value is -1.40. The van der Waals surface area contributed by atoms with Gasteiger partial charge in [0.25, 0.3) is 5.56 Å². The Morgan fingerprint density at radius 2 is 2.22 bits per heavy atom. The van der Waals surface area contributed by atoms with Crippen molar-refractivity contribution in [3.8, 4) is 0 Å². The van der Waals surface area contributed by atoms with Crippen molar-refractivity contribution in [3.05, 3.63) is 22.7 Å². The van der Waals surface area contributed by atoms with Crippen LogP contribution in [0.3, 0.4) is 0 Å². The summed E-state index contributed by atoms with van der Waals surface area (Å²) in [5, 5.41) is 21.3. The van der Waals surface area contributed by atoms with E-state index in [1.54, 1.807) is 17.0 Å². The molecule has 1 aromatic rings. The molecule has 0 radical (unpaired) electrons. The topological polar surface area (TPSA) is 87.4 Å². The van der Waals surface area contributed by atoms with E-state index >= 15 is 0 Å². The summed E-state index contributed by atoms with van der Waals surface area (Å²) >= 11 is 0. The molecule has 0 aliphatic carbocycles. The van der Waals surface area contributed by atoms with Crippen molar-refractivity contribution in [1.82, 2.24) is 9.55 Å². The minimum Gasteiger partial charge on any atom is -0.393 e. The molecule has 6 nitrogen and oxygen atoms in total. The summed E-state index contributed by atoms with van der Waals surface area (Å²) < 4.78 is 1.58. The van der Waals surface area contributed by atoms with Crippen molar-refractivity contribution in [2.24, 2.45) is 5.92 Å². The summed E-state index contributed by atoms with van der Waals surface area (Å²) in [6.07, 6.45) is 3.18. The van der Waals surface area contributed by atoms with Crippen LogP contribution >= 0.6 is 0 Å². The molecule has 1 heterocycles. The van der Waals surface area contributed by atoms with E-state index in [1.807, 2.05) is 13.8 Å². The predicted octanol–water partition coefficient (Wildman–Crippen LogP) is 0.0545. The molecule has 18 heavy (non-hydrogen) atoms. The average Bonchev–Trinajstić information content (AvgIpc) is 2.30. The zero-order valence-corrected chi connectivity index (χ0v) is 11.1. The molecular formula is C12H21N3O3. The van der Waals surface area contributed by atoms with E-state index in [0.29, 0.717) is 12.5 Å². The maximum atomic E-state index is 12.0. The van der Waals surface area contributed by atoms with Gasteiger partial charge in [0.15, 0.2) is 5.82 Å². The zero-order valence-electron chi connectivity index (χ0n) is 11.1. The normalized spacial score (nSPS) is 14.6. The summed E-state index contributed by atoms with van der Waals surface area (Å²) in [6.45, 7) is 5.83. The molecule has 1 atom stereocenters. The van der Waals surface area contributed by atoms with Crippen LogP contribution in [0.25, 0.3) is 0 Å². The number of nitrogens with one attached hydrogen (secondary N) is 1. The van der Waals surface area contributed by atoms with Gasteiger partial charge in [-0.05, 0) is 12.8 Å². The smallest absolute Gasteiger partial charge is 0.293 e. The quantitative estimate of drug-likeness (QED) is 0.669. The third-order valence-corrected chi connectivity index (χ3v) is 2.45. The van der Waals surface area contributed by atoms with E-state index in [4.69, 9.17) is 5.11 Å². The maximum Gasteiger partial charge on any atom is 0.293 e. The van der Waals surface area contributed by atoms with Crippen molar-refractivity contribution >= 4 is 5.82 Å². The second kappa shape index (κ2) is 5.97. The molecule has 0 bridgehead atoms. The lowest BCUT2D eigenvalue weighted by molar-refractivity contribution is 0.0131. The van der Waals surface area contributed by atoms with E-state index in [-0.39, 0.29) is 24.5 Å². The Kier molecular flexibility index (Phi) is 4.86. The Balaban J connectivity index is 2.81. The maximum absolute atomic E-state index is 12.0. The highest BCUT2D eigenvalue weighted by atomic mass is 16.3. The van der Waals surface area contributed by atoms with Crippen LogP contribution in [-0.2, 0) is 6.54 Å². The Bertz CT molecular complexity index is 440. The molecule has 0 saturated heterocycles. The van der Waals surface area contributed by atoms with E-state index < -0.39 is 5.60 Å². The number of anilines is 1. The van der Waals surface area contributed by atoms with Crippen LogP contribution in [0.5, 0.6) is 0 Å². The first kappa shape index (κ1) is 14.7. The van der Waals surface area contributed by atoms with Crippen LogP contribution in [0.15, 0.2) is 17.2 Å². The number of hydrogen-bond donors (Lipinski definition) is 3. The highest BCUT2D eigenvalue weighted by molar-refractivity contribution is 5.31. The monoisotopic (exact) mass is 255 g/mol. The Labute approximate surface area is 106 Å². The molecule has 6 heteroatoms. The van der Waals surface area contributed by atoms with Crippen molar-refractivity contribution < 1.29 is 10.2 Å². The fraction of sp³-hybridized carbons (Fsp3) is 0.667. The second-order valence-corrected chi connectivity index (χ2v) is 5.14. The molecule has 0 aromatic carbocycles. The molecule has 0 spiro atoms. The van der Waals surface area contributed by atoms with Crippen molar-refractivity contribution in [3.63, 3.8) is 0 Å². The molecule has 0 aliphatic rings. The Morgan fingerprint density at radius 3 is 2.78 bits per heavy atom. The van der Waals surface area contributed by atoms with Crippen LogP contribution in [0, 0.1) is 5.92 Å². The Morgan fingerprint density at radius 1 is 1.56 bits per heavy atom. The first-order chi connectivity index (χ1) is 8.35. The van der Waals surface area contributed by atoms with Gasteiger partial charge in [0.2, 0.25) is 0 Å². The number of aromatic nitrogens is 2. The first-order valence-corrected chi connectivity index (χ1v) is 5.98. The van der Waals surface area contributed by atoms with Crippen molar-refractivity contribution in [2.45, 2.75) is 32.9 Å². The van der Waals surface area contributed by atoms with E-state index in [1.165, 1.54) is 6.92 Å². The first-order valence-electron chi connectivity index (χ1n) is 5.98. The summed E-state index contributed by atoms with van der Waals surface area (Å²) in [5.41, 5.74) is -1.49. The highest BCUT2D eigenvalue weighted by Crippen LogP contribution is 2.03. The third kappa shape index (κ3) is 4.12. The fourth-order valence-electron chi connectivity index (χ4n) is 1.44. The fourth-order valence-corrected chi connectivity index (χ4v) is 1.44. The zero-order chi connectivity index (χ0) is 13.8. The molecular weight excluding hydrogens is 234 g/mol. The van der Waals surface area contributed by atoms with E-state index in [0.717, 1.165) is 0 Å². The second-order valence-electron chi connectivity index (χ2n) is 5.14. The van der Waals surface area contributed by atoms with Crippen LogP contribution in [-0.4, -0.2) is 38.5 Å². The predicted molar refractivity (Wildman–Crippen MR) is 69.5 cm³/mol. The van der Waals surface area contributed by atoms with E-state index in [9.17, 15) is 9.90 Å². The highest BCUT2D eigenvalue weighted by Gasteiger charge is 2.19. The van der Waals surface area contributed by atoms with Gasteiger partial charge in [-0.3, -0.25) is 4.79 Å². The molecule has 1 aromatic heterocycles. The van der Waals surface area contributed by atoms with Gasteiger partial charge in [-0.1, -0.05) is 13.8 Å². The van der Waals surface area contributed by atoms with Gasteiger partial charge in [-0.15, -0.1) is 0 Å². The molecule has 1 unspecified atom stereocenters. The van der Waals surface area contributed by atoms with Gasteiger partial charge < -0.3 is 20.1 Å². The van der Waals surface area contributed by atoms with Crippen LogP contribution < -0.4 is 10.9 Å². The number of aliphatic hydroxyl groups is 2. The van der Waals surface area contributed by atoms with Crippen LogP contribution in [0.4, 0.5) is 5.82 Å². The standard InChI is InChI=1S/C12H21N3O3/c1-9(2)6-15-5-4-13-10(11(15)17)14-7-12(3,18)8-16/h4-5,9,16,18H,6-8H2,1-3H3,(H,13,14). The van der Waals surface area contributed by atoms with Gasteiger partial charge in [-0.25, -0.2) is 4.98 Å². The SMILES string of the molecule is CC(C)Cn1ccnc(NCC(C)(O)CO)c1=O. The molecule has 102 valence electrons. The largest absolute Gasteiger partial charge is 0.393 e. The van der Waals surface area contributed by atoms with Gasteiger partial charge in [0.1, 0.15) is 5.60 Å². The number of aliphatic hydroxyl groups excluding tert-OH is 1. The van der Waals surface area contributed by atoms with Crippen LogP contribution in [0.2, 0.25) is 0 Å². The lowest BCUT2D eigenvalue weighted by Crippen LogP contribution is -2.39. The van der Waals surface area contributed by atoms with Crippen LogP contribution in [0.1, 0.15) is 20.8 Å². The lowest BCUT2D eigenvalue weighted by atomic mass is 10.1. The van der Waals surface area contributed by atoms with Gasteiger partial charge in [0, 0.05) is 25.5 Å². The third-order valence-electron chi connectivity index (χ3n) is 2.45. The lowest BCUT2D eigenvalue weighted by Gasteiger charge is -2.20. The number of hydrogen-bond acceptors (Lipinski definition) is 5. The molecule has 0 aliphatic heterocycles. The minimum absolute atomic E-state index is 0.0669. The van der Waals surface area contributed by atoms with Gasteiger partial charge >= 0.3 is 0 Å². The van der Waals surface area contributed by atoms with Crippen molar-refractivity contribution in [1.29, 1.82) is 0 Å². The summed E-state index contributed by atoms with van der Waals surface area (Å²) in [6, 6.07) is 0. The van der Waals surface area contributed by atoms with Gasteiger partial charge in [-0.2, -0.15) is 0 Å². The molecule has 0 fully saturated rings. The molecule has 0 saturated carbocycles. The van der Waals surface area contributed by atoms with E-state index in [2.05, 4.69) is 10.3 Å². The summed E-state index contributed by atoms with van der Waals surface area (Å²) in [7, 11) is 0. The number of nitrogens with zero attached hydrogens (tertiary/aromatic N) is 2. The summed E-state index contributed by atoms with van der Waals surface area (Å²) in [5.74, 6) is 0.547. The van der Waals surface area contributed by atoms with Gasteiger partial charge in [0.05, 0.1) is 6.61 Å². The number of rotatable bonds is 6. The molecule has 0 amide bonds.